The average Bonchev–Trinajstić information content (AvgIpc) is 2.42. The lowest BCUT2D eigenvalue weighted by molar-refractivity contribution is 0.265. The van der Waals surface area contributed by atoms with Gasteiger partial charge in [0.25, 0.3) is 0 Å². The molecule has 0 aromatic heterocycles. The van der Waals surface area contributed by atoms with E-state index in [4.69, 9.17) is 17.3 Å². The normalized spacial score (nSPS) is 18.4. The van der Waals surface area contributed by atoms with E-state index >= 15 is 0 Å². The summed E-state index contributed by atoms with van der Waals surface area (Å²) in [6.07, 6.45) is 2.43. The van der Waals surface area contributed by atoms with Crippen molar-refractivity contribution in [2.75, 3.05) is 19.6 Å². The van der Waals surface area contributed by atoms with Crippen LogP contribution in [0.25, 0.3) is 0 Å². The molecule has 1 aliphatic heterocycles. The Morgan fingerprint density at radius 3 is 2.60 bits per heavy atom. The third-order valence-electron chi connectivity index (χ3n) is 3.68. The third-order valence-corrected chi connectivity index (χ3v) is 5.89. The van der Waals surface area contributed by atoms with Crippen molar-refractivity contribution in [2.24, 2.45) is 11.7 Å². The topological polar surface area (TPSA) is 63.4 Å². The lowest BCUT2D eigenvalue weighted by atomic mass is 9.95. The molecule has 0 bridgehead atoms. The second kappa shape index (κ2) is 6.39. The van der Waals surface area contributed by atoms with Gasteiger partial charge in [0.15, 0.2) is 5.82 Å². The summed E-state index contributed by atoms with van der Waals surface area (Å²) in [5, 5.41) is -0.177. The highest BCUT2D eigenvalue weighted by Gasteiger charge is 2.31. The van der Waals surface area contributed by atoms with Gasteiger partial charge in [0, 0.05) is 13.1 Å². The average molecular weight is 321 g/mol. The second-order valence-electron chi connectivity index (χ2n) is 4.98. The quantitative estimate of drug-likeness (QED) is 0.925. The first kappa shape index (κ1) is 15.7. The van der Waals surface area contributed by atoms with Crippen molar-refractivity contribution in [2.45, 2.75) is 24.2 Å². The van der Waals surface area contributed by atoms with Gasteiger partial charge < -0.3 is 5.73 Å². The highest BCUT2D eigenvalue weighted by atomic mass is 35.5. The van der Waals surface area contributed by atoms with E-state index in [0.717, 1.165) is 19.3 Å². The summed E-state index contributed by atoms with van der Waals surface area (Å²) >= 11 is 5.65. The summed E-state index contributed by atoms with van der Waals surface area (Å²) in [4.78, 5) is -0.345. The van der Waals surface area contributed by atoms with Crippen molar-refractivity contribution < 1.29 is 12.8 Å². The second-order valence-corrected chi connectivity index (χ2v) is 7.29. The molecule has 1 fully saturated rings. The fourth-order valence-corrected chi connectivity index (χ4v) is 4.28. The third kappa shape index (κ3) is 3.14. The smallest absolute Gasteiger partial charge is 0.246 e. The number of benzene rings is 1. The molecule has 1 aromatic rings. The summed E-state index contributed by atoms with van der Waals surface area (Å²) in [5.74, 6) is -0.422. The molecule has 1 aliphatic rings. The Labute approximate surface area is 123 Å². The van der Waals surface area contributed by atoms with Gasteiger partial charge in [0.1, 0.15) is 4.90 Å². The van der Waals surface area contributed by atoms with Crippen molar-refractivity contribution in [3.05, 3.63) is 29.0 Å². The minimum Gasteiger partial charge on any atom is -0.330 e. The van der Waals surface area contributed by atoms with Crippen molar-refractivity contribution in [3.8, 4) is 0 Å². The first-order chi connectivity index (χ1) is 9.46. The van der Waals surface area contributed by atoms with Crippen LogP contribution in [-0.2, 0) is 10.0 Å². The molecule has 1 heterocycles. The molecule has 0 saturated carbocycles. The summed E-state index contributed by atoms with van der Waals surface area (Å²) in [6.45, 7) is 1.41. The SMILES string of the molecule is NCCC1CCN(S(=O)(=O)c2cccc(Cl)c2F)CC1. The van der Waals surface area contributed by atoms with E-state index in [2.05, 4.69) is 0 Å². The molecule has 0 aliphatic carbocycles. The van der Waals surface area contributed by atoms with Crippen LogP contribution in [0.15, 0.2) is 23.1 Å². The Morgan fingerprint density at radius 1 is 1.35 bits per heavy atom. The molecule has 7 heteroatoms. The Balaban J connectivity index is 2.18. The number of hydrogen-bond acceptors (Lipinski definition) is 3. The number of nitrogens with two attached hydrogens (primary N) is 1. The van der Waals surface area contributed by atoms with Crippen LogP contribution in [0, 0.1) is 11.7 Å². The summed E-state index contributed by atoms with van der Waals surface area (Å²) < 4.78 is 40.1. The van der Waals surface area contributed by atoms with E-state index < -0.39 is 15.8 Å². The zero-order valence-corrected chi connectivity index (χ0v) is 12.6. The molecule has 0 amide bonds. The summed E-state index contributed by atoms with van der Waals surface area (Å²) in [6, 6.07) is 4.03. The molecule has 20 heavy (non-hydrogen) atoms. The molecule has 112 valence electrons. The van der Waals surface area contributed by atoms with Crippen molar-refractivity contribution >= 4 is 21.6 Å². The van der Waals surface area contributed by atoms with Crippen LogP contribution in [0.4, 0.5) is 4.39 Å². The maximum atomic E-state index is 13.9. The minimum atomic E-state index is -3.81. The maximum absolute atomic E-state index is 13.9. The fraction of sp³-hybridized carbons (Fsp3) is 0.538. The van der Waals surface area contributed by atoms with Gasteiger partial charge >= 0.3 is 0 Å². The molecule has 0 radical (unpaired) electrons. The standard InChI is InChI=1S/C13H18ClFN2O2S/c14-11-2-1-3-12(13(11)15)20(18,19)17-8-5-10(4-7-16)6-9-17/h1-3,10H,4-9,16H2. The first-order valence-electron chi connectivity index (χ1n) is 6.61. The van der Waals surface area contributed by atoms with Crippen molar-refractivity contribution in [3.63, 3.8) is 0 Å². The highest BCUT2D eigenvalue weighted by Crippen LogP contribution is 2.28. The monoisotopic (exact) mass is 320 g/mol. The zero-order valence-electron chi connectivity index (χ0n) is 11.1. The van der Waals surface area contributed by atoms with E-state index in [1.54, 1.807) is 0 Å². The molecule has 1 saturated heterocycles. The number of halogens is 2. The molecule has 2 rings (SSSR count). The van der Waals surface area contributed by atoms with Gasteiger partial charge in [-0.05, 0) is 43.9 Å². The van der Waals surface area contributed by atoms with Crippen LogP contribution in [-0.4, -0.2) is 32.4 Å². The lowest BCUT2D eigenvalue weighted by Crippen LogP contribution is -2.39. The van der Waals surface area contributed by atoms with E-state index in [1.165, 1.54) is 22.5 Å². The van der Waals surface area contributed by atoms with Crippen molar-refractivity contribution in [1.82, 2.24) is 4.31 Å². The largest absolute Gasteiger partial charge is 0.330 e. The van der Waals surface area contributed by atoms with Crippen LogP contribution >= 0.6 is 11.6 Å². The Kier molecular flexibility index (Phi) is 5.01. The molecular formula is C13H18ClFN2O2S. The van der Waals surface area contributed by atoms with Crippen molar-refractivity contribution in [1.29, 1.82) is 0 Å². The Hall–Kier alpha value is -0.690. The van der Waals surface area contributed by atoms with Gasteiger partial charge in [-0.3, -0.25) is 0 Å². The van der Waals surface area contributed by atoms with Crippen LogP contribution in [0.5, 0.6) is 0 Å². The molecule has 0 atom stereocenters. The fourth-order valence-electron chi connectivity index (χ4n) is 2.50. The lowest BCUT2D eigenvalue weighted by Gasteiger charge is -2.31. The number of sulfonamides is 1. The van der Waals surface area contributed by atoms with Crippen LogP contribution in [0.2, 0.25) is 5.02 Å². The number of rotatable bonds is 4. The van der Waals surface area contributed by atoms with E-state index in [-0.39, 0.29) is 9.92 Å². The van der Waals surface area contributed by atoms with Gasteiger partial charge in [-0.2, -0.15) is 4.31 Å². The van der Waals surface area contributed by atoms with E-state index in [9.17, 15) is 12.8 Å². The molecule has 1 aromatic carbocycles. The van der Waals surface area contributed by atoms with Gasteiger partial charge in [-0.25, -0.2) is 12.8 Å². The number of nitrogens with zero attached hydrogens (tertiary/aromatic N) is 1. The molecule has 0 spiro atoms. The number of hydrogen-bond donors (Lipinski definition) is 1. The predicted octanol–water partition coefficient (Wildman–Crippen LogP) is 2.23. The summed E-state index contributed by atoms with van der Waals surface area (Å²) in [7, 11) is -3.81. The maximum Gasteiger partial charge on any atom is 0.246 e. The van der Waals surface area contributed by atoms with Gasteiger partial charge in [0.05, 0.1) is 5.02 Å². The van der Waals surface area contributed by atoms with Crippen LogP contribution in [0.3, 0.4) is 0 Å². The predicted molar refractivity (Wildman–Crippen MR) is 76.6 cm³/mol. The molecule has 4 nitrogen and oxygen atoms in total. The van der Waals surface area contributed by atoms with Gasteiger partial charge in [0.2, 0.25) is 10.0 Å². The minimum absolute atomic E-state index is 0.177. The van der Waals surface area contributed by atoms with Crippen LogP contribution < -0.4 is 5.73 Å². The molecular weight excluding hydrogens is 303 g/mol. The summed E-state index contributed by atoms with van der Waals surface area (Å²) in [5.41, 5.74) is 5.51. The van der Waals surface area contributed by atoms with Crippen LogP contribution in [0.1, 0.15) is 19.3 Å². The Bertz CT molecular complexity index is 572. The highest BCUT2D eigenvalue weighted by molar-refractivity contribution is 7.89. The number of piperidine rings is 1. The van der Waals surface area contributed by atoms with Gasteiger partial charge in [-0.15, -0.1) is 0 Å². The Morgan fingerprint density at radius 2 is 2.00 bits per heavy atom. The van der Waals surface area contributed by atoms with E-state index in [1.807, 2.05) is 0 Å². The van der Waals surface area contributed by atoms with Gasteiger partial charge in [-0.1, -0.05) is 17.7 Å². The first-order valence-corrected chi connectivity index (χ1v) is 8.43. The molecule has 2 N–H and O–H groups in total. The van der Waals surface area contributed by atoms with E-state index in [0.29, 0.717) is 25.6 Å². The molecule has 0 unspecified atom stereocenters. The zero-order chi connectivity index (χ0) is 14.8.